The van der Waals surface area contributed by atoms with Crippen LogP contribution in [0.5, 0.6) is 0 Å². The number of pyridine rings is 1. The lowest BCUT2D eigenvalue weighted by Gasteiger charge is -2.53. The second-order valence-corrected chi connectivity index (χ2v) is 21.3. The van der Waals surface area contributed by atoms with E-state index in [9.17, 15) is 9.59 Å². The highest BCUT2D eigenvalue weighted by Crippen LogP contribution is 2.44. The first kappa shape index (κ1) is 48.3. The molecule has 69 heavy (non-hydrogen) atoms. The molecule has 6 aliphatic heterocycles. The second-order valence-electron chi connectivity index (χ2n) is 20.4. The van der Waals surface area contributed by atoms with Crippen molar-refractivity contribution in [3.8, 4) is 34.4 Å². The number of carbonyl (C=O) groups is 2. The number of hydrazine groups is 1. The van der Waals surface area contributed by atoms with E-state index in [1.807, 2.05) is 13.1 Å². The fraction of sp³-hybridized carbons (Fsp3) is 0.615. The van der Waals surface area contributed by atoms with Gasteiger partial charge in [-0.2, -0.15) is 0 Å². The van der Waals surface area contributed by atoms with Crippen LogP contribution in [0.3, 0.4) is 0 Å². The van der Waals surface area contributed by atoms with Gasteiger partial charge in [0.25, 0.3) is 5.91 Å². The fourth-order valence-corrected chi connectivity index (χ4v) is 12.0. The van der Waals surface area contributed by atoms with Crippen molar-refractivity contribution in [3.63, 3.8) is 0 Å². The molecule has 0 radical (unpaired) electrons. The van der Waals surface area contributed by atoms with Gasteiger partial charge in [-0.25, -0.2) is 10.4 Å². The van der Waals surface area contributed by atoms with Gasteiger partial charge in [0, 0.05) is 104 Å². The molecule has 5 saturated heterocycles. The number of thiazole rings is 1. The fourth-order valence-electron chi connectivity index (χ4n) is 11.0. The van der Waals surface area contributed by atoms with E-state index in [2.05, 4.69) is 82.1 Å². The number of ether oxygens (including phenoxy) is 6. The number of nitrogens with one attached hydrogen (secondary N) is 1. The zero-order valence-corrected chi connectivity index (χ0v) is 41.6. The second kappa shape index (κ2) is 20.8. The van der Waals surface area contributed by atoms with Gasteiger partial charge in [-0.15, -0.1) is 11.3 Å². The van der Waals surface area contributed by atoms with Crippen molar-refractivity contribution in [2.24, 2.45) is 17.1 Å². The lowest BCUT2D eigenvalue weighted by molar-refractivity contribution is -0.171. The minimum Gasteiger partial charge on any atom is -0.464 e. The van der Waals surface area contributed by atoms with Crippen LogP contribution in [0.15, 0.2) is 35.8 Å². The van der Waals surface area contributed by atoms with Gasteiger partial charge in [0.05, 0.1) is 81.0 Å². The Hall–Kier alpha value is -4.32. The predicted molar refractivity (Wildman–Crippen MR) is 262 cm³/mol. The molecule has 3 N–H and O–H groups in total. The van der Waals surface area contributed by atoms with Crippen molar-refractivity contribution in [2.45, 2.75) is 109 Å². The van der Waals surface area contributed by atoms with Crippen molar-refractivity contribution in [3.05, 3.63) is 57.7 Å². The topological polar surface area (TPSA) is 168 Å². The van der Waals surface area contributed by atoms with Gasteiger partial charge in [0.2, 0.25) is 0 Å². The number of morpholine rings is 2. The molecule has 5 atom stereocenters. The molecule has 370 valence electrons. The Morgan fingerprint density at radius 3 is 2.49 bits per heavy atom. The van der Waals surface area contributed by atoms with Crippen LogP contribution in [0.25, 0.3) is 33.4 Å². The van der Waals surface area contributed by atoms with Crippen molar-refractivity contribution < 1.29 is 38.0 Å². The molecule has 6 fully saturated rings. The maximum Gasteiger partial charge on any atom is 0.325 e. The summed E-state index contributed by atoms with van der Waals surface area (Å²) < 4.78 is 38.4. The van der Waals surface area contributed by atoms with Crippen LogP contribution in [0.1, 0.15) is 87.4 Å². The number of hydrogen-bond donors (Lipinski definition) is 2. The standard InChI is InChI=1S/C52H68N8O8S/c1-32(57-12-19-65-20-13-57)6-7-34-24-40(45(54-29-34)33(2)63-5)47-41-28-52(3,4)31-68-51(62)46-36-25-37(26-36)60(56-46)50(61)44(53)48(58-14-21-66-22-15-58)49-55-42(30-69-49)35-8-9-43(39(41)27-35)59(47)16-23-67-38-10-17-64-18-11-38/h8-9,24,27,29-30,32-33,36-38,44,46,48,56H,10-23,25-26,28,31,53H2,1-5H3/t32-,33+,36?,37?,44+,46+,48+/m1/s1. The van der Waals surface area contributed by atoms with Crippen molar-refractivity contribution in [2.75, 3.05) is 86.1 Å². The van der Waals surface area contributed by atoms with E-state index in [-0.39, 0.29) is 48.7 Å². The molecule has 4 aromatic rings. The smallest absolute Gasteiger partial charge is 0.325 e. The summed E-state index contributed by atoms with van der Waals surface area (Å²) in [4.78, 5) is 43.8. The Labute approximate surface area is 409 Å². The number of cyclic esters (lactones) is 1. The van der Waals surface area contributed by atoms with Crippen LogP contribution in [-0.2, 0) is 51.0 Å². The molecule has 9 heterocycles. The van der Waals surface area contributed by atoms with Crippen LogP contribution in [0.2, 0.25) is 0 Å². The van der Waals surface area contributed by atoms with E-state index in [1.54, 1.807) is 12.1 Å². The zero-order chi connectivity index (χ0) is 47.8. The third-order valence-corrected chi connectivity index (χ3v) is 16.0. The molecule has 0 spiro atoms. The molecule has 1 amide bonds. The number of hydrogen-bond acceptors (Lipinski definition) is 15. The van der Waals surface area contributed by atoms with Crippen molar-refractivity contribution >= 4 is 34.1 Å². The van der Waals surface area contributed by atoms with Crippen LogP contribution in [0.4, 0.5) is 0 Å². The van der Waals surface area contributed by atoms with Crippen molar-refractivity contribution in [1.82, 2.24) is 34.8 Å². The van der Waals surface area contributed by atoms with E-state index < -0.39 is 23.5 Å². The molecular formula is C52H68N8O8S. The summed E-state index contributed by atoms with van der Waals surface area (Å²) in [6, 6.07) is 6.67. The largest absolute Gasteiger partial charge is 0.464 e. The summed E-state index contributed by atoms with van der Waals surface area (Å²) >= 11 is 1.53. The number of rotatable bonds is 9. The third kappa shape index (κ3) is 10.1. The van der Waals surface area contributed by atoms with Crippen LogP contribution in [-0.4, -0.2) is 158 Å². The van der Waals surface area contributed by atoms with Crippen LogP contribution >= 0.6 is 11.3 Å². The molecule has 8 bridgehead atoms. The maximum absolute atomic E-state index is 14.5. The van der Waals surface area contributed by atoms with Gasteiger partial charge in [0.15, 0.2) is 0 Å². The number of esters is 1. The Bertz CT molecular complexity index is 2550. The third-order valence-electron chi connectivity index (χ3n) is 15.1. The number of carbonyl (C=O) groups excluding carboxylic acids is 2. The summed E-state index contributed by atoms with van der Waals surface area (Å²) in [5.41, 5.74) is 17.3. The minimum atomic E-state index is -0.935. The molecule has 1 aromatic carbocycles. The maximum atomic E-state index is 14.5. The summed E-state index contributed by atoms with van der Waals surface area (Å²) in [5.74, 6) is 6.48. The van der Waals surface area contributed by atoms with Gasteiger partial charge in [-0.1, -0.05) is 31.8 Å². The van der Waals surface area contributed by atoms with Crippen molar-refractivity contribution in [1.29, 1.82) is 0 Å². The first-order chi connectivity index (χ1) is 33.5. The quantitative estimate of drug-likeness (QED) is 0.168. The van der Waals surface area contributed by atoms with E-state index in [0.29, 0.717) is 85.1 Å². The zero-order valence-electron chi connectivity index (χ0n) is 40.7. The average Bonchev–Trinajstić information content (AvgIpc) is 3.97. The monoisotopic (exact) mass is 964 g/mol. The van der Waals surface area contributed by atoms with Gasteiger partial charge >= 0.3 is 5.97 Å². The number of methoxy groups -OCH3 is 1. The Morgan fingerprint density at radius 1 is 1.00 bits per heavy atom. The Kier molecular flexibility index (Phi) is 14.6. The Morgan fingerprint density at radius 2 is 1.74 bits per heavy atom. The normalized spacial score (nSPS) is 26.9. The van der Waals surface area contributed by atoms with Gasteiger partial charge in [-0.3, -0.25) is 29.4 Å². The lowest BCUT2D eigenvalue weighted by atomic mass is 9.73. The highest BCUT2D eigenvalue weighted by atomic mass is 32.1. The molecule has 16 nitrogen and oxygen atoms in total. The molecule has 17 heteroatoms. The summed E-state index contributed by atoms with van der Waals surface area (Å²) in [7, 11) is 1.72. The van der Waals surface area contributed by atoms with E-state index in [1.165, 1.54) is 11.3 Å². The van der Waals surface area contributed by atoms with Gasteiger partial charge in [0.1, 0.15) is 17.1 Å². The Balaban J connectivity index is 1.13. The van der Waals surface area contributed by atoms with Gasteiger partial charge in [-0.05, 0) is 75.6 Å². The van der Waals surface area contributed by atoms with Gasteiger partial charge < -0.3 is 38.7 Å². The molecule has 11 rings (SSSR count). The first-order valence-electron chi connectivity index (χ1n) is 25.0. The highest BCUT2D eigenvalue weighted by molar-refractivity contribution is 7.10. The van der Waals surface area contributed by atoms with E-state index >= 15 is 0 Å². The SMILES string of the molecule is CO[C@@H](C)c1ncc(C#C[C@@H](C)N2CCOCC2)cc1-c1c2c3cc(ccc3n1CCOC1CCOCC1)-c1csc(n1)[C@@H](N1CCOCC1)[C@H](N)C(=O)N1N[C@H](C(=O)OCC(C)(C)C2)C2CC1C2. The number of nitrogens with zero attached hydrogens (tertiary/aromatic N) is 6. The predicted octanol–water partition coefficient (Wildman–Crippen LogP) is 5.12. The molecule has 3 aromatic heterocycles. The highest BCUT2D eigenvalue weighted by Gasteiger charge is 2.52. The van der Waals surface area contributed by atoms with Crippen LogP contribution in [0, 0.1) is 23.2 Å². The summed E-state index contributed by atoms with van der Waals surface area (Å²) in [6.45, 7) is 16.5. The number of nitrogens with two attached hydrogens (primary N) is 1. The summed E-state index contributed by atoms with van der Waals surface area (Å²) in [6.07, 6.45) is 5.35. The first-order valence-corrected chi connectivity index (χ1v) is 25.8. The summed E-state index contributed by atoms with van der Waals surface area (Å²) in [5, 5.41) is 5.53. The molecular weight excluding hydrogens is 897 g/mol. The molecule has 1 saturated carbocycles. The average molecular weight is 965 g/mol. The lowest BCUT2D eigenvalue weighted by Crippen LogP contribution is -2.71. The number of fused-ring (bicyclic) bond motifs is 4. The van der Waals surface area contributed by atoms with E-state index in [4.69, 9.17) is 44.1 Å². The molecule has 1 aliphatic carbocycles. The van der Waals surface area contributed by atoms with Crippen LogP contribution < -0.4 is 11.2 Å². The number of aromatic nitrogens is 3. The molecule has 0 unspecified atom stereocenters. The minimum absolute atomic E-state index is 0.0376. The number of benzene rings is 1. The number of amides is 1. The van der Waals surface area contributed by atoms with E-state index in [0.717, 1.165) is 81.2 Å². The molecule has 7 aliphatic rings.